The number of carbonyl (C=O) groups is 2. The Bertz CT molecular complexity index is 780. The highest BCUT2D eigenvalue weighted by Crippen LogP contribution is 2.20. The normalized spacial score (nSPS) is 13.3. The zero-order valence-corrected chi connectivity index (χ0v) is 15.1. The summed E-state index contributed by atoms with van der Waals surface area (Å²) in [5, 5.41) is 5.78. The standard InChI is InChI=1S/C21H24N2O3/c1-14(2)13-26-19-10-6-15(7-11-19)20(24)23-18-5-3-4-16(12-18)21(25)22-17-8-9-17/h3-7,10-12,14,17H,8-9,13H2,1-2H3,(H,22,25)(H,23,24). The molecule has 0 bridgehead atoms. The molecule has 0 atom stereocenters. The average molecular weight is 352 g/mol. The minimum atomic E-state index is -0.222. The van der Waals surface area contributed by atoms with E-state index in [-0.39, 0.29) is 11.8 Å². The molecule has 0 radical (unpaired) electrons. The van der Waals surface area contributed by atoms with Gasteiger partial charge >= 0.3 is 0 Å². The first-order valence-electron chi connectivity index (χ1n) is 8.96. The van der Waals surface area contributed by atoms with Gasteiger partial charge in [-0.05, 0) is 61.2 Å². The summed E-state index contributed by atoms with van der Waals surface area (Å²) in [5.41, 5.74) is 1.68. The Morgan fingerprint density at radius 1 is 1.04 bits per heavy atom. The van der Waals surface area contributed by atoms with Gasteiger partial charge in [0.25, 0.3) is 11.8 Å². The third-order valence-electron chi connectivity index (χ3n) is 4.00. The third-order valence-corrected chi connectivity index (χ3v) is 4.00. The van der Waals surface area contributed by atoms with Crippen LogP contribution in [-0.2, 0) is 0 Å². The lowest BCUT2D eigenvalue weighted by Gasteiger charge is -2.10. The maximum absolute atomic E-state index is 12.4. The van der Waals surface area contributed by atoms with Gasteiger partial charge in [-0.25, -0.2) is 0 Å². The van der Waals surface area contributed by atoms with Crippen molar-refractivity contribution in [1.82, 2.24) is 5.32 Å². The predicted molar refractivity (Wildman–Crippen MR) is 102 cm³/mol. The summed E-state index contributed by atoms with van der Waals surface area (Å²) in [5.74, 6) is 0.867. The number of hydrogen-bond acceptors (Lipinski definition) is 3. The molecule has 1 saturated carbocycles. The molecule has 136 valence electrons. The summed E-state index contributed by atoms with van der Waals surface area (Å²) in [4.78, 5) is 24.5. The number of hydrogen-bond donors (Lipinski definition) is 2. The van der Waals surface area contributed by atoms with E-state index >= 15 is 0 Å². The van der Waals surface area contributed by atoms with Crippen LogP contribution in [0.4, 0.5) is 5.69 Å². The Morgan fingerprint density at radius 2 is 1.77 bits per heavy atom. The SMILES string of the molecule is CC(C)COc1ccc(C(=O)Nc2cccc(C(=O)NC3CC3)c2)cc1. The van der Waals surface area contributed by atoms with E-state index in [2.05, 4.69) is 24.5 Å². The summed E-state index contributed by atoms with van der Waals surface area (Å²) in [6.07, 6.45) is 2.08. The van der Waals surface area contributed by atoms with E-state index in [1.807, 2.05) is 0 Å². The molecule has 0 saturated heterocycles. The number of nitrogens with one attached hydrogen (secondary N) is 2. The van der Waals surface area contributed by atoms with Crippen LogP contribution in [0.1, 0.15) is 47.4 Å². The lowest BCUT2D eigenvalue weighted by molar-refractivity contribution is 0.0949. The van der Waals surface area contributed by atoms with E-state index < -0.39 is 0 Å². The van der Waals surface area contributed by atoms with Gasteiger partial charge in [0.1, 0.15) is 5.75 Å². The van der Waals surface area contributed by atoms with E-state index in [1.165, 1.54) is 0 Å². The summed E-state index contributed by atoms with van der Waals surface area (Å²) in [7, 11) is 0. The van der Waals surface area contributed by atoms with E-state index in [0.717, 1.165) is 18.6 Å². The smallest absolute Gasteiger partial charge is 0.255 e. The van der Waals surface area contributed by atoms with Gasteiger partial charge in [0, 0.05) is 22.9 Å². The van der Waals surface area contributed by atoms with E-state index in [0.29, 0.717) is 35.4 Å². The Kier molecular flexibility index (Phi) is 5.56. The summed E-state index contributed by atoms with van der Waals surface area (Å²) in [6.45, 7) is 4.81. The second-order valence-electron chi connectivity index (χ2n) is 7.01. The van der Waals surface area contributed by atoms with Crippen LogP contribution < -0.4 is 15.4 Å². The van der Waals surface area contributed by atoms with Crippen molar-refractivity contribution in [3.05, 3.63) is 59.7 Å². The maximum Gasteiger partial charge on any atom is 0.255 e. The minimum Gasteiger partial charge on any atom is -0.493 e. The molecule has 3 rings (SSSR count). The fourth-order valence-electron chi connectivity index (χ4n) is 2.40. The van der Waals surface area contributed by atoms with Crippen LogP contribution in [0, 0.1) is 5.92 Å². The van der Waals surface area contributed by atoms with E-state index in [1.54, 1.807) is 48.5 Å². The van der Waals surface area contributed by atoms with Gasteiger partial charge in [-0.1, -0.05) is 19.9 Å². The number of benzene rings is 2. The van der Waals surface area contributed by atoms with Crippen molar-refractivity contribution in [3.8, 4) is 5.75 Å². The van der Waals surface area contributed by atoms with Crippen LogP contribution in [0.3, 0.4) is 0 Å². The second kappa shape index (κ2) is 8.04. The number of carbonyl (C=O) groups excluding carboxylic acids is 2. The van der Waals surface area contributed by atoms with Crippen molar-refractivity contribution < 1.29 is 14.3 Å². The molecule has 26 heavy (non-hydrogen) atoms. The maximum atomic E-state index is 12.4. The van der Waals surface area contributed by atoms with Crippen LogP contribution in [-0.4, -0.2) is 24.5 Å². The Balaban J connectivity index is 1.61. The molecular formula is C21H24N2O3. The predicted octanol–water partition coefficient (Wildman–Crippen LogP) is 3.87. The van der Waals surface area contributed by atoms with Gasteiger partial charge in [0.2, 0.25) is 0 Å². The quantitative estimate of drug-likeness (QED) is 0.795. The summed E-state index contributed by atoms with van der Waals surface area (Å²) >= 11 is 0. The van der Waals surface area contributed by atoms with Crippen molar-refractivity contribution >= 4 is 17.5 Å². The van der Waals surface area contributed by atoms with Gasteiger partial charge in [-0.2, -0.15) is 0 Å². The van der Waals surface area contributed by atoms with Gasteiger partial charge in [-0.15, -0.1) is 0 Å². The molecule has 2 N–H and O–H groups in total. The first-order valence-corrected chi connectivity index (χ1v) is 8.96. The van der Waals surface area contributed by atoms with Crippen LogP contribution >= 0.6 is 0 Å². The molecule has 2 aromatic rings. The zero-order chi connectivity index (χ0) is 18.5. The van der Waals surface area contributed by atoms with Crippen LogP contribution in [0.15, 0.2) is 48.5 Å². The lowest BCUT2D eigenvalue weighted by Crippen LogP contribution is -2.25. The van der Waals surface area contributed by atoms with E-state index in [9.17, 15) is 9.59 Å². The molecule has 1 aliphatic carbocycles. The molecule has 1 fully saturated rings. The third kappa shape index (κ3) is 5.09. The highest BCUT2D eigenvalue weighted by atomic mass is 16.5. The molecule has 5 heteroatoms. The molecule has 0 heterocycles. The van der Waals surface area contributed by atoms with Gasteiger partial charge in [0.05, 0.1) is 6.61 Å². The number of amides is 2. The first-order chi connectivity index (χ1) is 12.5. The van der Waals surface area contributed by atoms with Crippen LogP contribution in [0.25, 0.3) is 0 Å². The van der Waals surface area contributed by atoms with Gasteiger partial charge in [-0.3, -0.25) is 9.59 Å². The lowest BCUT2D eigenvalue weighted by atomic mass is 10.1. The molecule has 0 aliphatic heterocycles. The van der Waals surface area contributed by atoms with Crippen molar-refractivity contribution in [3.63, 3.8) is 0 Å². The first kappa shape index (κ1) is 18.0. The molecule has 0 spiro atoms. The van der Waals surface area contributed by atoms with Crippen LogP contribution in [0.5, 0.6) is 5.75 Å². The number of anilines is 1. The van der Waals surface area contributed by atoms with Crippen LogP contribution in [0.2, 0.25) is 0 Å². The minimum absolute atomic E-state index is 0.102. The van der Waals surface area contributed by atoms with E-state index in [4.69, 9.17) is 4.74 Å². The average Bonchev–Trinajstić information content (AvgIpc) is 3.44. The number of ether oxygens (including phenoxy) is 1. The molecule has 2 amide bonds. The summed E-state index contributed by atoms with van der Waals surface area (Å²) < 4.78 is 5.62. The number of rotatable bonds is 7. The fraction of sp³-hybridized carbons (Fsp3) is 0.333. The molecule has 1 aliphatic rings. The highest BCUT2D eigenvalue weighted by Gasteiger charge is 2.23. The van der Waals surface area contributed by atoms with Gasteiger partial charge in [0.15, 0.2) is 0 Å². The van der Waals surface area contributed by atoms with Crippen molar-refractivity contribution in [2.24, 2.45) is 5.92 Å². The largest absolute Gasteiger partial charge is 0.493 e. The van der Waals surface area contributed by atoms with Crippen molar-refractivity contribution in [2.45, 2.75) is 32.7 Å². The summed E-state index contributed by atoms with van der Waals surface area (Å²) in [6, 6.07) is 14.3. The monoisotopic (exact) mass is 352 g/mol. The Labute approximate surface area is 153 Å². The van der Waals surface area contributed by atoms with Crippen molar-refractivity contribution in [1.29, 1.82) is 0 Å². The molecule has 0 aromatic heterocycles. The topological polar surface area (TPSA) is 67.4 Å². The zero-order valence-electron chi connectivity index (χ0n) is 15.1. The highest BCUT2D eigenvalue weighted by molar-refractivity contribution is 6.05. The molecule has 5 nitrogen and oxygen atoms in total. The molecule has 0 unspecified atom stereocenters. The second-order valence-corrected chi connectivity index (χ2v) is 7.01. The Morgan fingerprint density at radius 3 is 2.42 bits per heavy atom. The molecular weight excluding hydrogens is 328 g/mol. The fourth-order valence-corrected chi connectivity index (χ4v) is 2.40. The Hall–Kier alpha value is -2.82. The van der Waals surface area contributed by atoms with Gasteiger partial charge < -0.3 is 15.4 Å². The van der Waals surface area contributed by atoms with Crippen molar-refractivity contribution in [2.75, 3.05) is 11.9 Å². The molecule has 2 aromatic carbocycles.